The summed E-state index contributed by atoms with van der Waals surface area (Å²) in [6, 6.07) is 12.1. The summed E-state index contributed by atoms with van der Waals surface area (Å²) in [5.41, 5.74) is 2.63. The topological polar surface area (TPSA) is 148 Å². The number of hydrogen-bond acceptors (Lipinski definition) is 7. The third-order valence-electron chi connectivity index (χ3n) is 3.90. The van der Waals surface area contributed by atoms with Crippen LogP contribution < -0.4 is 11.0 Å². The number of hydrogen-bond donors (Lipinski definition) is 2. The maximum absolute atomic E-state index is 12.6. The zero-order valence-corrected chi connectivity index (χ0v) is 14.5. The first-order valence-corrected chi connectivity index (χ1v) is 7.97. The van der Waals surface area contributed by atoms with E-state index in [2.05, 4.69) is 15.6 Å². The Morgan fingerprint density at radius 3 is 2.46 bits per heavy atom. The van der Waals surface area contributed by atoms with Gasteiger partial charge in [0.1, 0.15) is 5.69 Å². The lowest BCUT2D eigenvalue weighted by Crippen LogP contribution is -2.17. The predicted octanol–water partition coefficient (Wildman–Crippen LogP) is 2.74. The lowest BCUT2D eigenvalue weighted by atomic mass is 10.2. The number of H-pyrrole nitrogens is 1. The average Bonchev–Trinajstić information content (AvgIpc) is 2.96. The molecule has 0 aliphatic carbocycles. The van der Waals surface area contributed by atoms with E-state index in [1.807, 2.05) is 6.07 Å². The van der Waals surface area contributed by atoms with Crippen LogP contribution in [0, 0.1) is 27.2 Å². The molecule has 0 saturated carbocycles. The first-order chi connectivity index (χ1) is 13.4. The first-order valence-electron chi connectivity index (χ1n) is 7.97. The fourth-order valence-electron chi connectivity index (χ4n) is 2.52. The van der Waals surface area contributed by atoms with E-state index in [0.29, 0.717) is 11.4 Å². The van der Waals surface area contributed by atoms with Gasteiger partial charge >= 0.3 is 5.69 Å². The largest absolute Gasteiger partial charge is 0.301 e. The molecule has 3 rings (SSSR count). The molecule has 1 aromatic heterocycles. The van der Waals surface area contributed by atoms with E-state index < -0.39 is 21.2 Å². The van der Waals surface area contributed by atoms with Crippen molar-refractivity contribution in [3.63, 3.8) is 0 Å². The zero-order valence-electron chi connectivity index (χ0n) is 14.5. The second kappa shape index (κ2) is 7.53. The van der Waals surface area contributed by atoms with Crippen LogP contribution in [-0.4, -0.2) is 25.8 Å². The number of aromatic amines is 1. The van der Waals surface area contributed by atoms with E-state index in [0.717, 1.165) is 12.1 Å². The predicted molar refractivity (Wildman–Crippen MR) is 102 cm³/mol. The van der Waals surface area contributed by atoms with Crippen LogP contribution in [0.25, 0.3) is 5.69 Å². The molecule has 142 valence electrons. The third kappa shape index (κ3) is 3.62. The summed E-state index contributed by atoms with van der Waals surface area (Å²) in [6.07, 6.45) is 1.23. The molecule has 1 heterocycles. The number of nitrogens with zero attached hydrogens (tertiary/aromatic N) is 4. The molecule has 2 aromatic carbocycles. The molecule has 11 heteroatoms. The Kier molecular flexibility index (Phi) is 4.98. The molecule has 0 radical (unpaired) electrons. The van der Waals surface area contributed by atoms with Crippen molar-refractivity contribution in [1.29, 1.82) is 0 Å². The smallest absolute Gasteiger partial charge is 0.295 e. The third-order valence-corrected chi connectivity index (χ3v) is 3.90. The Hall–Kier alpha value is -4.28. The van der Waals surface area contributed by atoms with Crippen molar-refractivity contribution in [2.75, 3.05) is 5.43 Å². The molecule has 0 bridgehead atoms. The van der Waals surface area contributed by atoms with Crippen LogP contribution in [0.1, 0.15) is 11.3 Å². The summed E-state index contributed by atoms with van der Waals surface area (Å²) in [6.45, 7) is 1.69. The minimum Gasteiger partial charge on any atom is -0.295 e. The van der Waals surface area contributed by atoms with Crippen LogP contribution in [-0.2, 0) is 0 Å². The van der Waals surface area contributed by atoms with Gasteiger partial charge < -0.3 is 0 Å². The number of anilines is 1. The molecular weight excluding hydrogens is 368 g/mol. The number of benzene rings is 2. The Morgan fingerprint density at radius 2 is 1.82 bits per heavy atom. The van der Waals surface area contributed by atoms with E-state index in [9.17, 15) is 25.0 Å². The number of aromatic nitrogens is 2. The van der Waals surface area contributed by atoms with Crippen LogP contribution in [0.4, 0.5) is 17.1 Å². The number of nitro benzene ring substituents is 2. The molecule has 0 amide bonds. The monoisotopic (exact) mass is 382 g/mol. The second-order valence-electron chi connectivity index (χ2n) is 5.71. The fourth-order valence-corrected chi connectivity index (χ4v) is 2.52. The Bertz CT molecular complexity index is 1130. The zero-order chi connectivity index (χ0) is 20.3. The molecule has 3 aromatic rings. The number of para-hydroxylation sites is 1. The standard InChI is InChI=1S/C17H14N6O5/c1-11-14(17(24)21(20-11)12-5-3-2-4-6-12)10-18-19-15-8-7-13(22(25)26)9-16(15)23(27)28/h2-10,19-20H,1H3/b18-10+. The van der Waals surface area contributed by atoms with Gasteiger partial charge in [0.15, 0.2) is 0 Å². The lowest BCUT2D eigenvalue weighted by Gasteiger charge is -2.01. The van der Waals surface area contributed by atoms with Gasteiger partial charge in [-0.2, -0.15) is 5.10 Å². The van der Waals surface area contributed by atoms with Crippen molar-refractivity contribution >= 4 is 23.3 Å². The normalized spacial score (nSPS) is 10.9. The number of rotatable bonds is 6. The summed E-state index contributed by atoms with van der Waals surface area (Å²) < 4.78 is 1.35. The van der Waals surface area contributed by atoms with Gasteiger partial charge in [0.25, 0.3) is 11.2 Å². The highest BCUT2D eigenvalue weighted by molar-refractivity contribution is 5.81. The van der Waals surface area contributed by atoms with Gasteiger partial charge in [0.05, 0.1) is 33.4 Å². The van der Waals surface area contributed by atoms with Crippen LogP contribution in [0.5, 0.6) is 0 Å². The minimum absolute atomic E-state index is 0.0385. The second-order valence-corrected chi connectivity index (χ2v) is 5.71. The number of nitrogens with one attached hydrogen (secondary N) is 2. The van der Waals surface area contributed by atoms with Crippen molar-refractivity contribution in [2.24, 2.45) is 5.10 Å². The van der Waals surface area contributed by atoms with Crippen LogP contribution >= 0.6 is 0 Å². The Balaban J connectivity index is 1.88. The van der Waals surface area contributed by atoms with E-state index in [4.69, 9.17) is 0 Å². The van der Waals surface area contributed by atoms with E-state index >= 15 is 0 Å². The maximum atomic E-state index is 12.6. The molecule has 0 spiro atoms. The summed E-state index contributed by atoms with van der Waals surface area (Å²) in [5.74, 6) is 0. The number of nitro groups is 2. The summed E-state index contributed by atoms with van der Waals surface area (Å²) >= 11 is 0. The molecule has 0 saturated heterocycles. The Labute approximate surface area is 157 Å². The average molecular weight is 382 g/mol. The van der Waals surface area contributed by atoms with E-state index in [1.165, 1.54) is 17.0 Å². The van der Waals surface area contributed by atoms with Gasteiger partial charge in [-0.25, -0.2) is 4.68 Å². The van der Waals surface area contributed by atoms with E-state index in [1.54, 1.807) is 31.2 Å². The van der Waals surface area contributed by atoms with Crippen molar-refractivity contribution in [3.05, 3.63) is 90.4 Å². The molecule has 0 fully saturated rings. The van der Waals surface area contributed by atoms with Crippen LogP contribution in [0.15, 0.2) is 58.4 Å². The van der Waals surface area contributed by atoms with Crippen LogP contribution in [0.2, 0.25) is 0 Å². The SMILES string of the molecule is Cc1[nH]n(-c2ccccc2)c(=O)c1/C=N/Nc1ccc([N+](=O)[O-])cc1[N+](=O)[O-]. The molecular formula is C17H14N6O5. The minimum atomic E-state index is -0.755. The first kappa shape index (κ1) is 18.5. The highest BCUT2D eigenvalue weighted by Gasteiger charge is 2.19. The number of hydrazone groups is 1. The molecule has 0 aliphatic heterocycles. The van der Waals surface area contributed by atoms with Crippen molar-refractivity contribution in [1.82, 2.24) is 9.78 Å². The highest BCUT2D eigenvalue weighted by atomic mass is 16.6. The lowest BCUT2D eigenvalue weighted by molar-refractivity contribution is -0.393. The Morgan fingerprint density at radius 1 is 1.11 bits per heavy atom. The molecule has 11 nitrogen and oxygen atoms in total. The highest BCUT2D eigenvalue weighted by Crippen LogP contribution is 2.28. The quantitative estimate of drug-likeness (QED) is 0.380. The molecule has 0 aliphatic rings. The van der Waals surface area contributed by atoms with Gasteiger partial charge in [-0.15, -0.1) is 0 Å². The number of aryl methyl sites for hydroxylation is 1. The van der Waals surface area contributed by atoms with Gasteiger partial charge in [0, 0.05) is 11.8 Å². The van der Waals surface area contributed by atoms with Crippen molar-refractivity contribution < 1.29 is 9.85 Å². The van der Waals surface area contributed by atoms with E-state index in [-0.39, 0.29) is 16.8 Å². The van der Waals surface area contributed by atoms with Gasteiger partial charge in [-0.05, 0) is 25.1 Å². The van der Waals surface area contributed by atoms with Gasteiger partial charge in [-0.1, -0.05) is 18.2 Å². The van der Waals surface area contributed by atoms with Crippen molar-refractivity contribution in [3.8, 4) is 5.69 Å². The number of non-ortho nitro benzene ring substituents is 1. The maximum Gasteiger partial charge on any atom is 0.301 e. The summed E-state index contributed by atoms with van der Waals surface area (Å²) in [5, 5.41) is 28.7. The molecule has 0 unspecified atom stereocenters. The van der Waals surface area contributed by atoms with Gasteiger partial charge in [0.2, 0.25) is 0 Å². The van der Waals surface area contributed by atoms with Crippen molar-refractivity contribution in [2.45, 2.75) is 6.92 Å². The van der Waals surface area contributed by atoms with Crippen LogP contribution in [0.3, 0.4) is 0 Å². The molecule has 0 atom stereocenters. The molecule has 2 N–H and O–H groups in total. The fraction of sp³-hybridized carbons (Fsp3) is 0.0588. The summed E-state index contributed by atoms with van der Waals surface area (Å²) in [4.78, 5) is 33.0. The summed E-state index contributed by atoms with van der Waals surface area (Å²) in [7, 11) is 0. The molecule has 28 heavy (non-hydrogen) atoms. The van der Waals surface area contributed by atoms with Gasteiger partial charge in [-0.3, -0.25) is 35.5 Å².